The van der Waals surface area contributed by atoms with Crippen LogP contribution in [0.2, 0.25) is 0 Å². The van der Waals surface area contributed by atoms with Crippen LogP contribution in [0.15, 0.2) is 54.7 Å². The molecule has 2 heterocycles. The van der Waals surface area contributed by atoms with Crippen molar-refractivity contribution < 1.29 is 9.59 Å². The van der Waals surface area contributed by atoms with Gasteiger partial charge in [0.15, 0.2) is 0 Å². The van der Waals surface area contributed by atoms with Gasteiger partial charge in [-0.25, -0.2) is 0 Å². The lowest BCUT2D eigenvalue weighted by atomic mass is 10.1. The minimum atomic E-state index is -0.282. The molecular weight excluding hydrogens is 372 g/mol. The summed E-state index contributed by atoms with van der Waals surface area (Å²) in [5.41, 5.74) is 2.50. The van der Waals surface area contributed by atoms with Crippen LogP contribution in [0, 0.1) is 5.92 Å². The summed E-state index contributed by atoms with van der Waals surface area (Å²) in [6.07, 6.45) is 1.65. The number of nitrogens with one attached hydrogen (secondary N) is 2. The van der Waals surface area contributed by atoms with E-state index in [1.165, 1.54) is 0 Å². The first-order chi connectivity index (χ1) is 13.5. The maximum Gasteiger partial charge on any atom is 0.265 e. The van der Waals surface area contributed by atoms with E-state index in [9.17, 15) is 9.59 Å². The molecular formula is C21H22N4O2S. The van der Waals surface area contributed by atoms with E-state index < -0.39 is 0 Å². The normalized spacial score (nSPS) is 11.9. The fraction of sp³-hybridized carbons (Fsp3) is 0.238. The van der Waals surface area contributed by atoms with Crippen LogP contribution in [0.3, 0.4) is 0 Å². The number of amides is 2. The minimum Gasteiger partial charge on any atom is -0.345 e. The van der Waals surface area contributed by atoms with E-state index in [-0.39, 0.29) is 23.8 Å². The molecule has 2 N–H and O–H groups in total. The lowest BCUT2D eigenvalue weighted by Gasteiger charge is -2.15. The van der Waals surface area contributed by atoms with Crippen molar-refractivity contribution in [3.8, 4) is 11.4 Å². The molecule has 6 nitrogen and oxygen atoms in total. The summed E-state index contributed by atoms with van der Waals surface area (Å²) in [7, 11) is 0. The first-order valence-corrected chi connectivity index (χ1v) is 9.82. The third kappa shape index (κ3) is 4.43. The predicted octanol–water partition coefficient (Wildman–Crippen LogP) is 4.29. The van der Waals surface area contributed by atoms with Crippen molar-refractivity contribution in [3.05, 3.63) is 65.2 Å². The Hall–Kier alpha value is -3.06. The van der Waals surface area contributed by atoms with Crippen molar-refractivity contribution in [1.82, 2.24) is 14.7 Å². The molecule has 28 heavy (non-hydrogen) atoms. The molecule has 2 aromatic heterocycles. The van der Waals surface area contributed by atoms with Gasteiger partial charge < -0.3 is 10.6 Å². The number of anilines is 1. The molecule has 7 heteroatoms. The molecule has 2 amide bonds. The van der Waals surface area contributed by atoms with Gasteiger partial charge in [-0.15, -0.1) is 0 Å². The Morgan fingerprint density at radius 3 is 2.36 bits per heavy atom. The number of hydrogen-bond acceptors (Lipinski definition) is 5. The lowest BCUT2D eigenvalue weighted by Crippen LogP contribution is -2.27. The highest BCUT2D eigenvalue weighted by Crippen LogP contribution is 2.33. The Bertz CT molecular complexity index is 955. The average molecular weight is 395 g/mol. The smallest absolute Gasteiger partial charge is 0.265 e. The van der Waals surface area contributed by atoms with Gasteiger partial charge in [-0.05, 0) is 36.2 Å². The molecule has 0 saturated heterocycles. The molecule has 0 fully saturated rings. The Kier molecular flexibility index (Phi) is 6.16. The Morgan fingerprint density at radius 1 is 1.00 bits per heavy atom. The number of rotatable bonds is 6. The molecule has 3 rings (SSSR count). The van der Waals surface area contributed by atoms with Crippen LogP contribution in [0.5, 0.6) is 0 Å². The molecule has 0 bridgehead atoms. The summed E-state index contributed by atoms with van der Waals surface area (Å²) in [5.74, 6) is -0.687. The van der Waals surface area contributed by atoms with E-state index in [0.717, 1.165) is 17.1 Å². The minimum absolute atomic E-state index is 0.178. The van der Waals surface area contributed by atoms with Crippen molar-refractivity contribution in [2.24, 2.45) is 5.92 Å². The average Bonchev–Trinajstić information content (AvgIpc) is 3.12. The second-order valence-corrected chi connectivity index (χ2v) is 7.47. The summed E-state index contributed by atoms with van der Waals surface area (Å²) >= 11 is 1.05. The van der Waals surface area contributed by atoms with Gasteiger partial charge >= 0.3 is 0 Å². The van der Waals surface area contributed by atoms with Crippen LogP contribution in [0.25, 0.3) is 11.4 Å². The van der Waals surface area contributed by atoms with Crippen molar-refractivity contribution in [2.75, 3.05) is 5.32 Å². The zero-order valence-electron chi connectivity index (χ0n) is 16.0. The van der Waals surface area contributed by atoms with Crippen LogP contribution >= 0.6 is 11.5 Å². The van der Waals surface area contributed by atoms with Gasteiger partial charge in [-0.3, -0.25) is 14.6 Å². The van der Waals surface area contributed by atoms with Crippen molar-refractivity contribution in [3.63, 3.8) is 0 Å². The molecule has 0 saturated carbocycles. The maximum atomic E-state index is 12.9. The summed E-state index contributed by atoms with van der Waals surface area (Å²) in [6.45, 7) is 5.51. The number of nitrogens with zero attached hydrogens (tertiary/aromatic N) is 2. The topological polar surface area (TPSA) is 84.0 Å². The fourth-order valence-corrected chi connectivity index (χ4v) is 3.34. The monoisotopic (exact) mass is 394 g/mol. The highest BCUT2D eigenvalue weighted by atomic mass is 32.1. The summed E-state index contributed by atoms with van der Waals surface area (Å²) in [4.78, 5) is 29.9. The quantitative estimate of drug-likeness (QED) is 0.653. The van der Waals surface area contributed by atoms with E-state index in [1.807, 2.05) is 43.3 Å². The number of aromatic nitrogens is 2. The number of hydrogen-bond donors (Lipinski definition) is 2. The van der Waals surface area contributed by atoms with Gasteiger partial charge in [0.2, 0.25) is 5.91 Å². The van der Waals surface area contributed by atoms with E-state index in [1.54, 1.807) is 32.2 Å². The number of benzene rings is 1. The third-order valence-electron chi connectivity index (χ3n) is 4.23. The van der Waals surface area contributed by atoms with Crippen molar-refractivity contribution in [2.45, 2.75) is 26.8 Å². The molecule has 0 spiro atoms. The van der Waals surface area contributed by atoms with E-state index in [2.05, 4.69) is 20.0 Å². The van der Waals surface area contributed by atoms with E-state index in [0.29, 0.717) is 22.0 Å². The summed E-state index contributed by atoms with van der Waals surface area (Å²) < 4.78 is 4.40. The Balaban J connectivity index is 1.92. The first-order valence-electron chi connectivity index (χ1n) is 9.05. The Morgan fingerprint density at radius 2 is 1.71 bits per heavy atom. The standard InChI is InChI=1S/C21H22N4O2S/c1-13(2)20(26)24-18-17(16-11-7-8-12-22-16)25-28-19(18)21(27)23-14(3)15-9-5-4-6-10-15/h4-14H,1-3H3,(H,23,27)(H,24,26). The van der Waals surface area contributed by atoms with Gasteiger partial charge in [0.25, 0.3) is 5.91 Å². The van der Waals surface area contributed by atoms with E-state index in [4.69, 9.17) is 0 Å². The molecule has 3 aromatic rings. The SMILES string of the molecule is CC(C)C(=O)Nc1c(-c2ccccn2)nsc1C(=O)NC(C)c1ccccc1. The second kappa shape index (κ2) is 8.75. The van der Waals surface area contributed by atoms with Crippen molar-refractivity contribution in [1.29, 1.82) is 0 Å². The maximum absolute atomic E-state index is 12.9. The van der Waals surface area contributed by atoms with Crippen LogP contribution in [0.4, 0.5) is 5.69 Å². The number of carbonyl (C=O) groups is 2. The lowest BCUT2D eigenvalue weighted by molar-refractivity contribution is -0.118. The first kappa shape index (κ1) is 19.7. The van der Waals surface area contributed by atoms with Crippen LogP contribution < -0.4 is 10.6 Å². The Labute approximate surface area is 168 Å². The van der Waals surface area contributed by atoms with Crippen LogP contribution in [-0.4, -0.2) is 21.2 Å². The predicted molar refractivity (Wildman–Crippen MR) is 111 cm³/mol. The molecule has 0 aliphatic heterocycles. The zero-order chi connectivity index (χ0) is 20.1. The highest BCUT2D eigenvalue weighted by molar-refractivity contribution is 7.09. The van der Waals surface area contributed by atoms with Gasteiger partial charge in [-0.2, -0.15) is 4.37 Å². The van der Waals surface area contributed by atoms with Gasteiger partial charge in [0, 0.05) is 12.1 Å². The van der Waals surface area contributed by atoms with Crippen LogP contribution in [0.1, 0.15) is 42.0 Å². The van der Waals surface area contributed by atoms with Gasteiger partial charge in [0.1, 0.15) is 10.6 Å². The molecule has 0 radical (unpaired) electrons. The number of pyridine rings is 1. The molecule has 1 aromatic carbocycles. The van der Waals surface area contributed by atoms with Crippen LogP contribution in [-0.2, 0) is 4.79 Å². The number of carbonyl (C=O) groups excluding carboxylic acids is 2. The molecule has 0 aliphatic rings. The molecule has 1 atom stereocenters. The van der Waals surface area contributed by atoms with Gasteiger partial charge in [0.05, 0.1) is 17.4 Å². The third-order valence-corrected chi connectivity index (χ3v) is 5.07. The fourth-order valence-electron chi connectivity index (χ4n) is 2.59. The summed E-state index contributed by atoms with van der Waals surface area (Å²) in [6, 6.07) is 15.0. The van der Waals surface area contributed by atoms with E-state index >= 15 is 0 Å². The largest absolute Gasteiger partial charge is 0.345 e. The zero-order valence-corrected chi connectivity index (χ0v) is 16.8. The van der Waals surface area contributed by atoms with Crippen molar-refractivity contribution >= 4 is 29.0 Å². The molecule has 0 aliphatic carbocycles. The highest BCUT2D eigenvalue weighted by Gasteiger charge is 2.25. The van der Waals surface area contributed by atoms with Gasteiger partial charge in [-0.1, -0.05) is 50.2 Å². The summed E-state index contributed by atoms with van der Waals surface area (Å²) in [5, 5.41) is 5.84. The molecule has 1 unspecified atom stereocenters. The second-order valence-electron chi connectivity index (χ2n) is 6.70. The molecule has 144 valence electrons.